The number of fused-ring (bicyclic) bond motifs is 3. The number of rotatable bonds is 3. The number of nitrogens with zero attached hydrogens (tertiary/aromatic N) is 4. The van der Waals surface area contributed by atoms with Gasteiger partial charge in [0.25, 0.3) is 0 Å². The molecule has 2 aromatic rings. The third kappa shape index (κ3) is 3.40. The molecule has 6 heteroatoms. The van der Waals surface area contributed by atoms with Crippen molar-refractivity contribution in [3.8, 4) is 5.69 Å². The van der Waals surface area contributed by atoms with Gasteiger partial charge in [0.1, 0.15) is 11.6 Å². The van der Waals surface area contributed by atoms with Gasteiger partial charge in [-0.2, -0.15) is 0 Å². The van der Waals surface area contributed by atoms with Crippen molar-refractivity contribution in [3.05, 3.63) is 41.2 Å². The summed E-state index contributed by atoms with van der Waals surface area (Å²) in [5.74, 6) is 2.14. The second-order valence-electron chi connectivity index (χ2n) is 7.91. The number of benzene rings is 1. The van der Waals surface area contributed by atoms with E-state index in [0.29, 0.717) is 18.6 Å². The van der Waals surface area contributed by atoms with E-state index in [1.165, 1.54) is 6.07 Å². The molecular formula is C20H27FN4O. The Labute approximate surface area is 154 Å². The number of halogens is 1. The van der Waals surface area contributed by atoms with Crippen molar-refractivity contribution >= 4 is 0 Å². The quantitative estimate of drug-likeness (QED) is 0.837. The van der Waals surface area contributed by atoms with E-state index in [1.807, 2.05) is 13.1 Å². The van der Waals surface area contributed by atoms with E-state index < -0.39 is 0 Å². The Morgan fingerprint density at radius 1 is 1.12 bits per heavy atom. The van der Waals surface area contributed by atoms with Gasteiger partial charge in [-0.1, -0.05) is 0 Å². The zero-order valence-electron chi connectivity index (χ0n) is 15.8. The van der Waals surface area contributed by atoms with Crippen LogP contribution in [0.4, 0.5) is 4.39 Å². The van der Waals surface area contributed by atoms with Crippen LogP contribution < -0.4 is 0 Å². The molecule has 1 aromatic heterocycles. The predicted octanol–water partition coefficient (Wildman–Crippen LogP) is 3.80. The van der Waals surface area contributed by atoms with Crippen LogP contribution in [0.25, 0.3) is 5.69 Å². The summed E-state index contributed by atoms with van der Waals surface area (Å²) in [4.78, 5) is 2.16. The first-order valence-corrected chi connectivity index (χ1v) is 9.58. The molecule has 0 atom stereocenters. The number of ether oxygens (including phenoxy) is 1. The van der Waals surface area contributed by atoms with Gasteiger partial charge in [0, 0.05) is 12.5 Å². The number of aromatic nitrogens is 3. The normalized spacial score (nSPS) is 23.6. The van der Waals surface area contributed by atoms with E-state index in [4.69, 9.17) is 4.74 Å². The summed E-state index contributed by atoms with van der Waals surface area (Å²) in [5.41, 5.74) is 2.01. The summed E-state index contributed by atoms with van der Waals surface area (Å²) in [6.45, 7) is 5.62. The molecule has 5 nitrogen and oxygen atoms in total. The van der Waals surface area contributed by atoms with Crippen LogP contribution in [0.2, 0.25) is 0 Å². The monoisotopic (exact) mass is 358 g/mol. The minimum atomic E-state index is -0.193. The summed E-state index contributed by atoms with van der Waals surface area (Å²) >= 11 is 0. The molecule has 0 amide bonds. The molecule has 2 heterocycles. The fraction of sp³-hybridized carbons (Fsp3) is 0.600. The fourth-order valence-corrected chi connectivity index (χ4v) is 4.29. The van der Waals surface area contributed by atoms with Crippen molar-refractivity contribution in [2.45, 2.75) is 70.7 Å². The second-order valence-corrected chi connectivity index (χ2v) is 7.91. The fourth-order valence-electron chi connectivity index (χ4n) is 4.29. The Kier molecular flexibility index (Phi) is 4.80. The Hall–Kier alpha value is -1.79. The lowest BCUT2D eigenvalue weighted by molar-refractivity contribution is -0.0151. The maximum Gasteiger partial charge on any atom is 0.151 e. The average molecular weight is 358 g/mol. The maximum absolute atomic E-state index is 13.8. The van der Waals surface area contributed by atoms with Gasteiger partial charge in [-0.3, -0.25) is 9.47 Å². The summed E-state index contributed by atoms with van der Waals surface area (Å²) in [5, 5.41) is 9.03. The molecule has 1 aromatic carbocycles. The highest BCUT2D eigenvalue weighted by atomic mass is 19.1. The smallest absolute Gasteiger partial charge is 0.151 e. The number of hydrogen-bond acceptors (Lipinski definition) is 4. The largest absolute Gasteiger partial charge is 0.376 e. The highest BCUT2D eigenvalue weighted by Gasteiger charge is 2.30. The lowest BCUT2D eigenvalue weighted by Crippen LogP contribution is -2.25. The van der Waals surface area contributed by atoms with Crippen LogP contribution >= 0.6 is 0 Å². The van der Waals surface area contributed by atoms with Crippen molar-refractivity contribution in [1.29, 1.82) is 0 Å². The third-order valence-corrected chi connectivity index (χ3v) is 5.39. The van der Waals surface area contributed by atoms with Crippen molar-refractivity contribution in [2.24, 2.45) is 0 Å². The van der Waals surface area contributed by atoms with Gasteiger partial charge < -0.3 is 4.74 Å². The van der Waals surface area contributed by atoms with E-state index in [1.54, 1.807) is 6.07 Å². The van der Waals surface area contributed by atoms with Gasteiger partial charge in [-0.15, -0.1) is 10.2 Å². The molecule has 1 aliphatic carbocycles. The van der Waals surface area contributed by atoms with Crippen LogP contribution in [0.3, 0.4) is 0 Å². The van der Waals surface area contributed by atoms with Crippen LogP contribution in [-0.4, -0.2) is 38.9 Å². The van der Waals surface area contributed by atoms with E-state index in [9.17, 15) is 4.39 Å². The van der Waals surface area contributed by atoms with Crippen molar-refractivity contribution in [3.63, 3.8) is 0 Å². The zero-order chi connectivity index (χ0) is 18.3. The van der Waals surface area contributed by atoms with Crippen molar-refractivity contribution in [2.75, 3.05) is 7.05 Å². The molecule has 0 saturated heterocycles. The maximum atomic E-state index is 13.8. The van der Waals surface area contributed by atoms with Crippen LogP contribution in [-0.2, 0) is 17.8 Å². The molecule has 0 unspecified atom stereocenters. The topological polar surface area (TPSA) is 43.2 Å². The molecular weight excluding hydrogens is 331 g/mol. The molecule has 0 radical (unpaired) electrons. The minimum Gasteiger partial charge on any atom is -0.376 e. The molecule has 26 heavy (non-hydrogen) atoms. The van der Waals surface area contributed by atoms with Gasteiger partial charge in [0.15, 0.2) is 5.82 Å². The van der Waals surface area contributed by atoms with Crippen LogP contribution in [0.1, 0.15) is 62.7 Å². The van der Waals surface area contributed by atoms with Crippen LogP contribution in [0.5, 0.6) is 0 Å². The molecule has 1 aliphatic heterocycles. The number of hydrogen-bond donors (Lipinski definition) is 0. The zero-order valence-corrected chi connectivity index (χ0v) is 15.8. The molecule has 0 bridgehead atoms. The third-order valence-electron chi connectivity index (χ3n) is 5.39. The Balaban J connectivity index is 1.65. The first-order valence-electron chi connectivity index (χ1n) is 9.58. The van der Waals surface area contributed by atoms with Crippen LogP contribution in [0, 0.1) is 5.82 Å². The predicted molar refractivity (Wildman–Crippen MR) is 97.7 cm³/mol. The lowest BCUT2D eigenvalue weighted by atomic mass is 9.86. The highest BCUT2D eigenvalue weighted by Crippen LogP contribution is 2.36. The first-order chi connectivity index (χ1) is 12.5. The Morgan fingerprint density at radius 3 is 2.62 bits per heavy atom. The van der Waals surface area contributed by atoms with E-state index >= 15 is 0 Å². The summed E-state index contributed by atoms with van der Waals surface area (Å²) in [7, 11) is 2.03. The van der Waals surface area contributed by atoms with Gasteiger partial charge in [-0.05, 0) is 70.3 Å². The van der Waals surface area contributed by atoms with Gasteiger partial charge in [0.05, 0.1) is 24.4 Å². The molecule has 1 saturated carbocycles. The average Bonchev–Trinajstić information content (AvgIpc) is 2.92. The van der Waals surface area contributed by atoms with Gasteiger partial charge in [0.2, 0.25) is 0 Å². The Bertz CT molecular complexity index is 780. The van der Waals surface area contributed by atoms with Gasteiger partial charge >= 0.3 is 0 Å². The molecule has 1 fully saturated rings. The molecule has 4 rings (SSSR count). The van der Waals surface area contributed by atoms with E-state index in [0.717, 1.165) is 55.1 Å². The minimum absolute atomic E-state index is 0.193. The molecule has 0 N–H and O–H groups in total. The summed E-state index contributed by atoms with van der Waals surface area (Å²) in [6.07, 6.45) is 4.86. The lowest BCUT2D eigenvalue weighted by Gasteiger charge is -2.29. The summed E-state index contributed by atoms with van der Waals surface area (Å²) < 4.78 is 21.9. The van der Waals surface area contributed by atoms with Crippen molar-refractivity contribution < 1.29 is 9.13 Å². The highest BCUT2D eigenvalue weighted by molar-refractivity contribution is 5.44. The van der Waals surface area contributed by atoms with Gasteiger partial charge in [-0.25, -0.2) is 4.39 Å². The molecule has 140 valence electrons. The Morgan fingerprint density at radius 2 is 1.88 bits per heavy atom. The standard InChI is InChI=1S/C20H27FN4O/c1-13(2)26-17-7-4-14(5-8-17)20-23-22-19-12-24(3)11-15-10-16(21)6-9-18(15)25(19)20/h6,9-10,13-14,17H,4-5,7-8,11-12H2,1-3H3. The van der Waals surface area contributed by atoms with Crippen LogP contribution in [0.15, 0.2) is 18.2 Å². The molecule has 0 spiro atoms. The van der Waals surface area contributed by atoms with E-state index in [-0.39, 0.29) is 11.9 Å². The second kappa shape index (κ2) is 7.08. The van der Waals surface area contributed by atoms with E-state index in [2.05, 4.69) is 33.5 Å². The molecule has 2 aliphatic rings. The SMILES string of the molecule is CC(C)OC1CCC(c2nnc3n2-c2ccc(F)cc2CN(C)C3)CC1. The first kappa shape index (κ1) is 17.6. The summed E-state index contributed by atoms with van der Waals surface area (Å²) in [6, 6.07) is 5.04. The van der Waals surface area contributed by atoms with Crippen molar-refractivity contribution in [1.82, 2.24) is 19.7 Å².